The van der Waals surface area contributed by atoms with Gasteiger partial charge in [0, 0.05) is 44.5 Å². The standard InChI is InChI=1S/C27H35N3O4/c1-19-5-9-22(10-6-19)25(31)29-24(26(32)28-15-4-18-34-3)21-13-16-30(17-14-21)27(33)23-11-7-20(2)8-12-23/h5-12,21,24H,4,13-18H2,1-3H3,(H,28,32)(H,29,31)/t24-/m0/s1. The van der Waals surface area contributed by atoms with E-state index in [0.717, 1.165) is 11.1 Å². The van der Waals surface area contributed by atoms with Crippen LogP contribution in [-0.4, -0.2) is 62.0 Å². The van der Waals surface area contributed by atoms with E-state index < -0.39 is 6.04 Å². The van der Waals surface area contributed by atoms with Crippen LogP contribution in [0.3, 0.4) is 0 Å². The molecule has 1 saturated heterocycles. The van der Waals surface area contributed by atoms with E-state index >= 15 is 0 Å². The van der Waals surface area contributed by atoms with Gasteiger partial charge in [0.15, 0.2) is 0 Å². The van der Waals surface area contributed by atoms with Crippen molar-refractivity contribution in [2.24, 2.45) is 5.92 Å². The molecule has 7 nitrogen and oxygen atoms in total. The number of aryl methyl sites for hydroxylation is 2. The second kappa shape index (κ2) is 12.3. The van der Waals surface area contributed by atoms with Crippen molar-refractivity contribution in [3.05, 3.63) is 70.8 Å². The number of methoxy groups -OCH3 is 1. The largest absolute Gasteiger partial charge is 0.385 e. The number of nitrogens with zero attached hydrogens (tertiary/aromatic N) is 1. The van der Waals surface area contributed by atoms with Gasteiger partial charge in [0.05, 0.1) is 0 Å². The summed E-state index contributed by atoms with van der Waals surface area (Å²) in [5, 5.41) is 5.89. The molecule has 1 aliphatic rings. The Labute approximate surface area is 201 Å². The third kappa shape index (κ3) is 6.90. The van der Waals surface area contributed by atoms with Crippen molar-refractivity contribution in [2.75, 3.05) is 33.4 Å². The molecule has 2 N–H and O–H groups in total. The van der Waals surface area contributed by atoms with Crippen LogP contribution in [-0.2, 0) is 9.53 Å². The SMILES string of the molecule is COCCCNC(=O)[C@@H](NC(=O)c1ccc(C)cc1)C1CCN(C(=O)c2ccc(C)cc2)CC1. The zero-order chi connectivity index (χ0) is 24.5. The molecule has 3 rings (SSSR count). The maximum atomic E-state index is 13.0. The Balaban J connectivity index is 1.65. The Morgan fingerprint density at radius 3 is 2.06 bits per heavy atom. The minimum Gasteiger partial charge on any atom is -0.385 e. The summed E-state index contributed by atoms with van der Waals surface area (Å²) in [6.45, 7) is 6.08. The first-order valence-electron chi connectivity index (χ1n) is 11.9. The molecule has 1 heterocycles. The molecule has 0 unspecified atom stereocenters. The molecule has 1 atom stereocenters. The van der Waals surface area contributed by atoms with Crippen molar-refractivity contribution in [3.63, 3.8) is 0 Å². The number of carbonyl (C=O) groups is 3. The molecule has 0 spiro atoms. The first-order chi connectivity index (χ1) is 16.4. The molecule has 0 radical (unpaired) electrons. The predicted molar refractivity (Wildman–Crippen MR) is 132 cm³/mol. The van der Waals surface area contributed by atoms with Gasteiger partial charge >= 0.3 is 0 Å². The average Bonchev–Trinajstić information content (AvgIpc) is 2.85. The van der Waals surface area contributed by atoms with Crippen LogP contribution in [0.1, 0.15) is 51.1 Å². The van der Waals surface area contributed by atoms with Gasteiger partial charge in [-0.05, 0) is 63.3 Å². The second-order valence-electron chi connectivity index (χ2n) is 8.95. The highest BCUT2D eigenvalue weighted by molar-refractivity contribution is 5.97. The molecule has 0 aliphatic carbocycles. The summed E-state index contributed by atoms with van der Waals surface area (Å²) in [5.74, 6) is -0.517. The Bertz CT molecular complexity index is 964. The van der Waals surface area contributed by atoms with E-state index in [-0.39, 0.29) is 23.6 Å². The van der Waals surface area contributed by atoms with Crippen LogP contribution in [0.15, 0.2) is 48.5 Å². The lowest BCUT2D eigenvalue weighted by Crippen LogP contribution is -2.54. The molecule has 182 valence electrons. The summed E-state index contributed by atoms with van der Waals surface area (Å²) in [7, 11) is 1.62. The number of hydrogen-bond acceptors (Lipinski definition) is 4. The molecule has 7 heteroatoms. The van der Waals surface area contributed by atoms with E-state index in [1.54, 1.807) is 19.2 Å². The van der Waals surface area contributed by atoms with Gasteiger partial charge in [0.2, 0.25) is 5.91 Å². The number of ether oxygens (including phenoxy) is 1. The quantitative estimate of drug-likeness (QED) is 0.557. The normalized spacial score (nSPS) is 15.0. The topological polar surface area (TPSA) is 87.7 Å². The lowest BCUT2D eigenvalue weighted by atomic mass is 9.88. The predicted octanol–water partition coefficient (Wildman–Crippen LogP) is 3.11. The van der Waals surface area contributed by atoms with Gasteiger partial charge in [-0.3, -0.25) is 14.4 Å². The van der Waals surface area contributed by atoms with Crippen molar-refractivity contribution >= 4 is 17.7 Å². The minimum absolute atomic E-state index is 0.00251. The third-order valence-corrected chi connectivity index (χ3v) is 6.30. The summed E-state index contributed by atoms with van der Waals surface area (Å²) in [6, 6.07) is 14.2. The zero-order valence-corrected chi connectivity index (χ0v) is 20.3. The number of carbonyl (C=O) groups excluding carboxylic acids is 3. The van der Waals surface area contributed by atoms with Crippen molar-refractivity contribution in [2.45, 2.75) is 39.2 Å². The Kier molecular flexibility index (Phi) is 9.22. The van der Waals surface area contributed by atoms with E-state index in [0.29, 0.717) is 56.6 Å². The lowest BCUT2D eigenvalue weighted by molar-refractivity contribution is -0.124. The molecule has 0 bridgehead atoms. The van der Waals surface area contributed by atoms with Gasteiger partial charge in [-0.15, -0.1) is 0 Å². The molecule has 2 aromatic carbocycles. The first kappa shape index (κ1) is 25.4. The minimum atomic E-state index is -0.659. The second-order valence-corrected chi connectivity index (χ2v) is 8.95. The smallest absolute Gasteiger partial charge is 0.253 e. The summed E-state index contributed by atoms with van der Waals surface area (Å²) < 4.78 is 5.05. The Morgan fingerprint density at radius 1 is 0.941 bits per heavy atom. The van der Waals surface area contributed by atoms with Gasteiger partial charge in [0.1, 0.15) is 6.04 Å². The number of rotatable bonds is 9. The Hall–Kier alpha value is -3.19. The van der Waals surface area contributed by atoms with Gasteiger partial charge in [-0.25, -0.2) is 0 Å². The highest BCUT2D eigenvalue weighted by Crippen LogP contribution is 2.23. The van der Waals surface area contributed by atoms with E-state index in [2.05, 4.69) is 10.6 Å². The van der Waals surface area contributed by atoms with Gasteiger partial charge in [0.25, 0.3) is 11.8 Å². The van der Waals surface area contributed by atoms with Crippen LogP contribution in [0.2, 0.25) is 0 Å². The number of nitrogens with one attached hydrogen (secondary N) is 2. The monoisotopic (exact) mass is 465 g/mol. The fourth-order valence-electron chi connectivity index (χ4n) is 4.18. The van der Waals surface area contributed by atoms with E-state index in [4.69, 9.17) is 4.74 Å². The van der Waals surface area contributed by atoms with Gasteiger partial charge in [-0.1, -0.05) is 35.4 Å². The van der Waals surface area contributed by atoms with Crippen molar-refractivity contribution in [1.82, 2.24) is 15.5 Å². The van der Waals surface area contributed by atoms with Crippen LogP contribution >= 0.6 is 0 Å². The van der Waals surface area contributed by atoms with Crippen LogP contribution in [0, 0.1) is 19.8 Å². The van der Waals surface area contributed by atoms with Crippen LogP contribution in [0.5, 0.6) is 0 Å². The highest BCUT2D eigenvalue weighted by atomic mass is 16.5. The molecule has 0 saturated carbocycles. The molecule has 1 aliphatic heterocycles. The maximum Gasteiger partial charge on any atom is 0.253 e. The molecular formula is C27H35N3O4. The maximum absolute atomic E-state index is 13.0. The van der Waals surface area contributed by atoms with Crippen molar-refractivity contribution in [3.8, 4) is 0 Å². The van der Waals surface area contributed by atoms with E-state index in [1.165, 1.54) is 0 Å². The molecule has 34 heavy (non-hydrogen) atoms. The molecular weight excluding hydrogens is 430 g/mol. The fraction of sp³-hybridized carbons (Fsp3) is 0.444. The van der Waals surface area contributed by atoms with Crippen LogP contribution < -0.4 is 10.6 Å². The number of hydrogen-bond donors (Lipinski definition) is 2. The summed E-state index contributed by atoms with van der Waals surface area (Å²) in [4.78, 5) is 40.7. The third-order valence-electron chi connectivity index (χ3n) is 6.30. The van der Waals surface area contributed by atoms with E-state index in [9.17, 15) is 14.4 Å². The lowest BCUT2D eigenvalue weighted by Gasteiger charge is -2.36. The number of amides is 3. The number of benzene rings is 2. The summed E-state index contributed by atoms with van der Waals surface area (Å²) in [5.41, 5.74) is 3.37. The fourth-order valence-corrected chi connectivity index (χ4v) is 4.18. The summed E-state index contributed by atoms with van der Waals surface area (Å²) in [6.07, 6.45) is 1.98. The zero-order valence-electron chi connectivity index (χ0n) is 20.3. The average molecular weight is 466 g/mol. The van der Waals surface area contributed by atoms with Crippen LogP contribution in [0.4, 0.5) is 0 Å². The van der Waals surface area contributed by atoms with Gasteiger partial charge < -0.3 is 20.3 Å². The number of piperidine rings is 1. The van der Waals surface area contributed by atoms with Gasteiger partial charge in [-0.2, -0.15) is 0 Å². The summed E-state index contributed by atoms with van der Waals surface area (Å²) >= 11 is 0. The van der Waals surface area contributed by atoms with E-state index in [1.807, 2.05) is 55.1 Å². The molecule has 2 aromatic rings. The molecule has 1 fully saturated rings. The van der Waals surface area contributed by atoms with Crippen LogP contribution in [0.25, 0.3) is 0 Å². The Morgan fingerprint density at radius 2 is 1.50 bits per heavy atom. The van der Waals surface area contributed by atoms with Crippen molar-refractivity contribution in [1.29, 1.82) is 0 Å². The molecule has 3 amide bonds. The number of likely N-dealkylation sites (tertiary alicyclic amines) is 1. The molecule has 0 aromatic heterocycles. The first-order valence-corrected chi connectivity index (χ1v) is 11.9. The highest BCUT2D eigenvalue weighted by Gasteiger charge is 2.34. The van der Waals surface area contributed by atoms with Crippen molar-refractivity contribution < 1.29 is 19.1 Å².